The van der Waals surface area contributed by atoms with Crippen LogP contribution in [0, 0.1) is 5.82 Å². The van der Waals surface area contributed by atoms with Crippen LogP contribution in [0.3, 0.4) is 0 Å². The van der Waals surface area contributed by atoms with Crippen molar-refractivity contribution in [2.45, 2.75) is 0 Å². The number of ether oxygens (including phenoxy) is 1. The number of methoxy groups -OCH3 is 1. The molecule has 0 aliphatic heterocycles. The highest BCUT2D eigenvalue weighted by atomic mass is 19.1. The van der Waals surface area contributed by atoms with Gasteiger partial charge in [-0.2, -0.15) is 0 Å². The van der Waals surface area contributed by atoms with Gasteiger partial charge in [0.25, 0.3) is 0 Å². The molecule has 0 unspecified atom stereocenters. The van der Waals surface area contributed by atoms with Gasteiger partial charge in [-0.15, -0.1) is 0 Å². The van der Waals surface area contributed by atoms with E-state index in [1.807, 2.05) is 18.2 Å². The summed E-state index contributed by atoms with van der Waals surface area (Å²) in [5.74, 6) is 0.226. The summed E-state index contributed by atoms with van der Waals surface area (Å²) in [6.45, 7) is 0. The minimum Gasteiger partial charge on any atom is -0.497 e. The van der Waals surface area contributed by atoms with Crippen LogP contribution in [0.1, 0.15) is 16.2 Å². The molecule has 0 spiro atoms. The Morgan fingerprint density at radius 3 is 2.43 bits per heavy atom. The fraction of sp³-hybridized carbons (Fsp3) is 0.0556. The molecule has 0 saturated heterocycles. The van der Waals surface area contributed by atoms with Crippen LogP contribution in [0.5, 0.6) is 5.75 Å². The normalized spacial score (nSPS) is 11.2. The molecule has 0 radical (unpaired) electrons. The Morgan fingerprint density at radius 1 is 0.913 bits per heavy atom. The zero-order valence-electron chi connectivity index (χ0n) is 12.3. The molecule has 4 rings (SSSR count). The third kappa shape index (κ3) is 2.26. The standard InChI is InChI=1S/C18H13FN2O2/c1-23-13-4-5-14-11(6-13)8-17(20-14)18(22)16-7-10-2-3-12(19)9-15(10)21-16/h2-9,20-21H,1H3. The van der Waals surface area contributed by atoms with E-state index in [1.54, 1.807) is 25.3 Å². The van der Waals surface area contributed by atoms with Gasteiger partial charge in [-0.3, -0.25) is 4.79 Å². The van der Waals surface area contributed by atoms with Crippen molar-refractivity contribution in [1.82, 2.24) is 9.97 Å². The lowest BCUT2D eigenvalue weighted by Crippen LogP contribution is -2.01. The Hall–Kier alpha value is -3.08. The molecule has 0 aliphatic carbocycles. The molecule has 2 aromatic heterocycles. The van der Waals surface area contributed by atoms with Crippen LogP contribution < -0.4 is 4.74 Å². The van der Waals surface area contributed by atoms with E-state index in [4.69, 9.17) is 4.74 Å². The molecule has 114 valence electrons. The number of H-pyrrole nitrogens is 2. The van der Waals surface area contributed by atoms with Crippen molar-refractivity contribution < 1.29 is 13.9 Å². The molecule has 0 saturated carbocycles. The van der Waals surface area contributed by atoms with E-state index in [1.165, 1.54) is 12.1 Å². The molecule has 2 aromatic carbocycles. The van der Waals surface area contributed by atoms with Crippen LogP contribution in [-0.4, -0.2) is 22.9 Å². The van der Waals surface area contributed by atoms with Crippen molar-refractivity contribution in [2.24, 2.45) is 0 Å². The van der Waals surface area contributed by atoms with E-state index in [2.05, 4.69) is 9.97 Å². The Balaban J connectivity index is 1.77. The summed E-state index contributed by atoms with van der Waals surface area (Å²) in [4.78, 5) is 18.7. The van der Waals surface area contributed by atoms with E-state index in [0.717, 1.165) is 22.0 Å². The van der Waals surface area contributed by atoms with E-state index in [-0.39, 0.29) is 11.6 Å². The predicted octanol–water partition coefficient (Wildman–Crippen LogP) is 4.03. The Bertz CT molecular complexity index is 1050. The smallest absolute Gasteiger partial charge is 0.225 e. The lowest BCUT2D eigenvalue weighted by Gasteiger charge is -1.97. The lowest BCUT2D eigenvalue weighted by atomic mass is 10.2. The lowest BCUT2D eigenvalue weighted by molar-refractivity contribution is 0.103. The maximum Gasteiger partial charge on any atom is 0.225 e. The molecule has 0 bridgehead atoms. The molecule has 2 heterocycles. The van der Waals surface area contributed by atoms with Crippen LogP contribution in [0.25, 0.3) is 21.8 Å². The summed E-state index contributed by atoms with van der Waals surface area (Å²) < 4.78 is 18.4. The first-order valence-corrected chi connectivity index (χ1v) is 7.14. The molecule has 5 heteroatoms. The molecule has 2 N–H and O–H groups in total. The zero-order chi connectivity index (χ0) is 16.0. The van der Waals surface area contributed by atoms with Crippen molar-refractivity contribution in [3.8, 4) is 5.75 Å². The predicted molar refractivity (Wildman–Crippen MR) is 86.5 cm³/mol. The molecule has 0 atom stereocenters. The van der Waals surface area contributed by atoms with Crippen LogP contribution in [0.2, 0.25) is 0 Å². The number of carbonyl (C=O) groups is 1. The molecule has 4 nitrogen and oxygen atoms in total. The molecular weight excluding hydrogens is 295 g/mol. The van der Waals surface area contributed by atoms with Gasteiger partial charge in [-0.1, -0.05) is 0 Å². The quantitative estimate of drug-likeness (QED) is 0.561. The van der Waals surface area contributed by atoms with Gasteiger partial charge in [0.15, 0.2) is 0 Å². The number of nitrogens with one attached hydrogen (secondary N) is 2. The number of benzene rings is 2. The number of rotatable bonds is 3. The number of halogens is 1. The Morgan fingerprint density at radius 2 is 1.65 bits per heavy atom. The van der Waals surface area contributed by atoms with Gasteiger partial charge in [-0.25, -0.2) is 4.39 Å². The average molecular weight is 308 g/mol. The fourth-order valence-corrected chi connectivity index (χ4v) is 2.73. The van der Waals surface area contributed by atoms with Gasteiger partial charge in [-0.05, 0) is 48.5 Å². The fourth-order valence-electron chi connectivity index (χ4n) is 2.73. The van der Waals surface area contributed by atoms with Crippen molar-refractivity contribution in [3.63, 3.8) is 0 Å². The first-order valence-electron chi connectivity index (χ1n) is 7.14. The van der Waals surface area contributed by atoms with E-state index in [9.17, 15) is 9.18 Å². The molecule has 0 fully saturated rings. The first-order chi connectivity index (χ1) is 11.1. The monoisotopic (exact) mass is 308 g/mol. The molecule has 0 amide bonds. The van der Waals surface area contributed by atoms with E-state index in [0.29, 0.717) is 16.9 Å². The van der Waals surface area contributed by atoms with E-state index >= 15 is 0 Å². The Kier molecular flexibility index (Phi) is 2.94. The number of hydrogen-bond donors (Lipinski definition) is 2. The van der Waals surface area contributed by atoms with Gasteiger partial charge in [0.2, 0.25) is 5.78 Å². The number of aromatic amines is 2. The summed E-state index contributed by atoms with van der Waals surface area (Å²) in [5.41, 5.74) is 2.35. The maximum absolute atomic E-state index is 13.3. The molecule has 23 heavy (non-hydrogen) atoms. The molecule has 4 aromatic rings. The second kappa shape index (κ2) is 4.98. The highest BCUT2D eigenvalue weighted by Crippen LogP contribution is 2.24. The average Bonchev–Trinajstić information content (AvgIpc) is 3.16. The number of carbonyl (C=O) groups excluding carboxylic acids is 1. The SMILES string of the molecule is COc1ccc2[nH]c(C(=O)c3cc4ccc(F)cc4[nH]3)cc2c1. The second-order valence-electron chi connectivity index (χ2n) is 5.38. The minimum absolute atomic E-state index is 0.170. The second-order valence-corrected chi connectivity index (χ2v) is 5.38. The maximum atomic E-state index is 13.3. The van der Waals surface area contributed by atoms with Gasteiger partial charge < -0.3 is 14.7 Å². The molecular formula is C18H13FN2O2. The van der Waals surface area contributed by atoms with Gasteiger partial charge in [0.05, 0.1) is 18.5 Å². The number of ketones is 1. The highest BCUT2D eigenvalue weighted by Gasteiger charge is 2.15. The van der Waals surface area contributed by atoms with Crippen molar-refractivity contribution in [3.05, 3.63) is 65.7 Å². The van der Waals surface area contributed by atoms with Crippen LogP contribution in [-0.2, 0) is 0 Å². The summed E-state index contributed by atoms with van der Waals surface area (Å²) >= 11 is 0. The zero-order valence-corrected chi connectivity index (χ0v) is 12.3. The van der Waals surface area contributed by atoms with Crippen LogP contribution in [0.15, 0.2) is 48.5 Å². The summed E-state index contributed by atoms with van der Waals surface area (Å²) in [6.07, 6.45) is 0. The van der Waals surface area contributed by atoms with Crippen LogP contribution >= 0.6 is 0 Å². The van der Waals surface area contributed by atoms with Gasteiger partial charge in [0.1, 0.15) is 11.6 Å². The number of hydrogen-bond acceptors (Lipinski definition) is 2. The topological polar surface area (TPSA) is 57.9 Å². The Labute approximate surface area is 130 Å². The summed E-state index contributed by atoms with van der Waals surface area (Å²) in [5, 5.41) is 1.70. The van der Waals surface area contributed by atoms with Gasteiger partial charge >= 0.3 is 0 Å². The molecule has 0 aliphatic rings. The van der Waals surface area contributed by atoms with E-state index < -0.39 is 0 Å². The number of aromatic nitrogens is 2. The summed E-state index contributed by atoms with van der Waals surface area (Å²) in [6, 6.07) is 13.5. The number of fused-ring (bicyclic) bond motifs is 2. The highest BCUT2D eigenvalue weighted by molar-refractivity contribution is 6.11. The van der Waals surface area contributed by atoms with Crippen molar-refractivity contribution in [2.75, 3.05) is 7.11 Å². The third-order valence-corrected chi connectivity index (χ3v) is 3.90. The summed E-state index contributed by atoms with van der Waals surface area (Å²) in [7, 11) is 1.60. The largest absolute Gasteiger partial charge is 0.497 e. The van der Waals surface area contributed by atoms with Gasteiger partial charge in [0, 0.05) is 21.8 Å². The first kappa shape index (κ1) is 13.6. The van der Waals surface area contributed by atoms with Crippen molar-refractivity contribution in [1.29, 1.82) is 0 Å². The third-order valence-electron chi connectivity index (χ3n) is 3.90. The van der Waals surface area contributed by atoms with Crippen LogP contribution in [0.4, 0.5) is 4.39 Å². The minimum atomic E-state index is -0.337. The van der Waals surface area contributed by atoms with Crippen molar-refractivity contribution >= 4 is 27.6 Å².